The average Bonchev–Trinajstić information content (AvgIpc) is 3.30. The van der Waals surface area contributed by atoms with E-state index in [2.05, 4.69) is 25.7 Å². The number of carbonyl (C=O) groups excluding carboxylic acids is 1. The molecule has 0 saturated carbocycles. The van der Waals surface area contributed by atoms with Crippen LogP contribution in [0.2, 0.25) is 0 Å². The molecule has 1 aromatic carbocycles. The number of hydrogen-bond donors (Lipinski definition) is 1. The van der Waals surface area contributed by atoms with Crippen LogP contribution in [0, 0.1) is 0 Å². The maximum absolute atomic E-state index is 12.1. The van der Waals surface area contributed by atoms with Gasteiger partial charge in [-0.3, -0.25) is 9.63 Å². The highest BCUT2D eigenvalue weighted by molar-refractivity contribution is 5.91. The molecule has 124 valence electrons. The van der Waals surface area contributed by atoms with Gasteiger partial charge in [-0.25, -0.2) is 9.75 Å². The van der Waals surface area contributed by atoms with Gasteiger partial charge in [0.25, 0.3) is 5.91 Å². The first-order chi connectivity index (χ1) is 11.6. The number of H-pyrrole nitrogens is 1. The fraction of sp³-hybridized carbons (Fsp3) is 0.214. The van der Waals surface area contributed by atoms with Gasteiger partial charge < -0.3 is 4.74 Å². The molecule has 1 amide bonds. The zero-order chi connectivity index (χ0) is 17.1. The first kappa shape index (κ1) is 15.6. The molecule has 3 rings (SSSR count). The lowest BCUT2D eigenvalue weighted by Crippen LogP contribution is -2.25. The summed E-state index contributed by atoms with van der Waals surface area (Å²) in [5, 5.41) is 19.1. The van der Waals surface area contributed by atoms with E-state index in [1.54, 1.807) is 6.07 Å². The van der Waals surface area contributed by atoms with Crippen molar-refractivity contribution >= 4 is 5.91 Å². The average molecular weight is 329 g/mol. The number of rotatable bonds is 5. The molecule has 0 atom stereocenters. The molecular formula is C14H15N7O3. The first-order valence-electron chi connectivity index (χ1n) is 6.94. The molecule has 0 spiro atoms. The number of methoxy groups -OCH3 is 1. The van der Waals surface area contributed by atoms with Crippen LogP contribution in [0.5, 0.6) is 5.88 Å². The third kappa shape index (κ3) is 2.82. The lowest BCUT2D eigenvalue weighted by Gasteiger charge is -2.11. The summed E-state index contributed by atoms with van der Waals surface area (Å²) >= 11 is 0. The van der Waals surface area contributed by atoms with E-state index in [1.165, 1.54) is 25.9 Å². The number of ether oxygens (including phenoxy) is 1. The fourth-order valence-electron chi connectivity index (χ4n) is 2.08. The molecule has 0 unspecified atom stereocenters. The predicted molar refractivity (Wildman–Crippen MR) is 82.4 cm³/mol. The quantitative estimate of drug-likeness (QED) is 0.686. The number of carbonyl (C=O) groups is 1. The molecule has 0 fully saturated rings. The molecule has 0 saturated heterocycles. The van der Waals surface area contributed by atoms with Gasteiger partial charge in [0.15, 0.2) is 5.69 Å². The van der Waals surface area contributed by atoms with Crippen molar-refractivity contribution in [1.29, 1.82) is 0 Å². The molecular weight excluding hydrogens is 314 g/mol. The summed E-state index contributed by atoms with van der Waals surface area (Å²) in [6.07, 6.45) is 0. The van der Waals surface area contributed by atoms with Crippen LogP contribution in [0.15, 0.2) is 30.3 Å². The number of nitrogens with zero attached hydrogens (tertiary/aromatic N) is 6. The molecule has 0 aliphatic rings. The molecule has 0 radical (unpaired) electrons. The van der Waals surface area contributed by atoms with E-state index in [9.17, 15) is 4.79 Å². The summed E-state index contributed by atoms with van der Waals surface area (Å²) in [6.45, 7) is 0. The molecule has 0 aliphatic heterocycles. The van der Waals surface area contributed by atoms with Gasteiger partial charge in [-0.1, -0.05) is 0 Å². The Kier molecular flexibility index (Phi) is 4.20. The van der Waals surface area contributed by atoms with E-state index >= 15 is 0 Å². The molecule has 1 N–H and O–H groups in total. The van der Waals surface area contributed by atoms with E-state index in [4.69, 9.17) is 9.57 Å². The van der Waals surface area contributed by atoms with Crippen molar-refractivity contribution in [1.82, 2.24) is 35.5 Å². The van der Waals surface area contributed by atoms with Crippen molar-refractivity contribution in [2.45, 2.75) is 0 Å². The molecule has 2 aromatic heterocycles. The van der Waals surface area contributed by atoms with Gasteiger partial charge >= 0.3 is 0 Å². The molecule has 24 heavy (non-hydrogen) atoms. The number of aromatic nitrogens is 6. The molecule has 0 aliphatic carbocycles. The Morgan fingerprint density at radius 3 is 2.58 bits per heavy atom. The van der Waals surface area contributed by atoms with Crippen LogP contribution in [0.1, 0.15) is 10.5 Å². The molecule has 0 bridgehead atoms. The zero-order valence-corrected chi connectivity index (χ0v) is 13.3. The standard InChI is InChI=1S/C14H15N7O3/c1-20(24-3)14(22)11-8-12(23-2)21(17-11)10-6-4-9(5-7-10)13-15-18-19-16-13/h4-8H,1-3H3,(H,15,16,18,19). The second-order valence-corrected chi connectivity index (χ2v) is 4.75. The van der Waals surface area contributed by atoms with Crippen LogP contribution in [-0.4, -0.2) is 62.6 Å². The summed E-state index contributed by atoms with van der Waals surface area (Å²) in [5.41, 5.74) is 1.73. The Balaban J connectivity index is 1.94. The number of aromatic amines is 1. The molecule has 3 aromatic rings. The van der Waals surface area contributed by atoms with Crippen molar-refractivity contribution < 1.29 is 14.4 Å². The number of amides is 1. The maximum Gasteiger partial charge on any atom is 0.297 e. The summed E-state index contributed by atoms with van der Waals surface area (Å²) in [7, 11) is 4.42. The smallest absolute Gasteiger partial charge is 0.297 e. The van der Waals surface area contributed by atoms with Crippen LogP contribution in [0.3, 0.4) is 0 Å². The van der Waals surface area contributed by atoms with Crippen molar-refractivity contribution in [3.8, 4) is 23.0 Å². The van der Waals surface area contributed by atoms with Crippen LogP contribution in [0.4, 0.5) is 0 Å². The first-order valence-corrected chi connectivity index (χ1v) is 6.94. The highest BCUT2D eigenvalue weighted by Crippen LogP contribution is 2.22. The van der Waals surface area contributed by atoms with Gasteiger partial charge in [0.05, 0.1) is 19.9 Å². The van der Waals surface area contributed by atoms with Gasteiger partial charge in [0.1, 0.15) is 0 Å². The van der Waals surface area contributed by atoms with Crippen molar-refractivity contribution in [2.24, 2.45) is 0 Å². The minimum atomic E-state index is -0.377. The van der Waals surface area contributed by atoms with E-state index in [1.807, 2.05) is 24.3 Å². The number of hydroxylamine groups is 2. The normalized spacial score (nSPS) is 10.6. The van der Waals surface area contributed by atoms with E-state index in [0.717, 1.165) is 16.3 Å². The number of nitrogens with one attached hydrogen (secondary N) is 1. The SMILES string of the molecule is COc1cc(C(=O)N(C)OC)nn1-c1ccc(-c2nn[nH]n2)cc1. The van der Waals surface area contributed by atoms with Crippen LogP contribution in [0.25, 0.3) is 17.1 Å². The van der Waals surface area contributed by atoms with Crippen molar-refractivity contribution in [3.05, 3.63) is 36.0 Å². The number of hydrogen-bond acceptors (Lipinski definition) is 7. The van der Waals surface area contributed by atoms with E-state index in [-0.39, 0.29) is 11.6 Å². The zero-order valence-electron chi connectivity index (χ0n) is 13.3. The maximum atomic E-state index is 12.1. The molecule has 2 heterocycles. The number of tetrazole rings is 1. The largest absolute Gasteiger partial charge is 0.481 e. The second kappa shape index (κ2) is 6.46. The highest BCUT2D eigenvalue weighted by Gasteiger charge is 2.19. The van der Waals surface area contributed by atoms with E-state index in [0.29, 0.717) is 11.7 Å². The topological polar surface area (TPSA) is 111 Å². The van der Waals surface area contributed by atoms with Gasteiger partial charge in [-0.2, -0.15) is 10.3 Å². The van der Waals surface area contributed by atoms with Gasteiger partial charge in [-0.15, -0.1) is 10.2 Å². The lowest BCUT2D eigenvalue weighted by molar-refractivity contribution is -0.0760. The third-order valence-corrected chi connectivity index (χ3v) is 3.38. The van der Waals surface area contributed by atoms with Crippen molar-refractivity contribution in [3.63, 3.8) is 0 Å². The summed E-state index contributed by atoms with van der Waals surface area (Å²) < 4.78 is 6.82. The van der Waals surface area contributed by atoms with E-state index < -0.39 is 0 Å². The minimum Gasteiger partial charge on any atom is -0.481 e. The highest BCUT2D eigenvalue weighted by atomic mass is 16.7. The Morgan fingerprint density at radius 1 is 1.25 bits per heavy atom. The molecule has 10 heteroatoms. The lowest BCUT2D eigenvalue weighted by atomic mass is 10.2. The Morgan fingerprint density at radius 2 is 2.00 bits per heavy atom. The fourth-order valence-corrected chi connectivity index (χ4v) is 2.08. The van der Waals surface area contributed by atoms with Crippen LogP contribution >= 0.6 is 0 Å². The Labute approximate surface area is 136 Å². The summed E-state index contributed by atoms with van der Waals surface area (Å²) in [6, 6.07) is 8.82. The third-order valence-electron chi connectivity index (χ3n) is 3.38. The second-order valence-electron chi connectivity index (χ2n) is 4.75. The van der Waals surface area contributed by atoms with Crippen LogP contribution < -0.4 is 4.74 Å². The van der Waals surface area contributed by atoms with Crippen molar-refractivity contribution in [2.75, 3.05) is 21.3 Å². The predicted octanol–water partition coefficient (Wildman–Crippen LogP) is 0.694. The van der Waals surface area contributed by atoms with Gasteiger partial charge in [-0.05, 0) is 29.5 Å². The summed E-state index contributed by atoms with van der Waals surface area (Å²) in [4.78, 5) is 17.0. The Hall–Kier alpha value is -3.27. The monoisotopic (exact) mass is 329 g/mol. The number of benzene rings is 1. The minimum absolute atomic E-state index is 0.207. The van der Waals surface area contributed by atoms with Gasteiger partial charge in [0, 0.05) is 18.7 Å². The molecule has 10 nitrogen and oxygen atoms in total. The Bertz CT molecular complexity index is 827. The van der Waals surface area contributed by atoms with Gasteiger partial charge in [0.2, 0.25) is 11.7 Å². The van der Waals surface area contributed by atoms with Crippen LogP contribution in [-0.2, 0) is 4.84 Å². The summed E-state index contributed by atoms with van der Waals surface area (Å²) in [5.74, 6) is 0.541.